The summed E-state index contributed by atoms with van der Waals surface area (Å²) in [6, 6.07) is 13.0. The molecule has 2 rings (SSSR count). The molecule has 0 bridgehead atoms. The summed E-state index contributed by atoms with van der Waals surface area (Å²) < 4.78 is 4.83. The lowest BCUT2D eigenvalue weighted by Gasteiger charge is -2.06. The zero-order chi connectivity index (χ0) is 18.2. The Morgan fingerprint density at radius 1 is 1.20 bits per heavy atom. The first-order valence-electron chi connectivity index (χ1n) is 7.40. The molecule has 0 unspecified atom stereocenters. The van der Waals surface area contributed by atoms with Crippen LogP contribution in [0.15, 0.2) is 54.6 Å². The third kappa shape index (κ3) is 5.91. The van der Waals surface area contributed by atoms with Crippen molar-refractivity contribution in [3.05, 3.63) is 75.8 Å². The second kappa shape index (κ2) is 8.39. The first kappa shape index (κ1) is 17.9. The van der Waals surface area contributed by atoms with Gasteiger partial charge >= 0.3 is 5.97 Å². The summed E-state index contributed by atoms with van der Waals surface area (Å²) >= 11 is 0. The van der Waals surface area contributed by atoms with E-state index in [9.17, 15) is 19.7 Å². The molecule has 0 aliphatic heterocycles. The number of rotatable bonds is 6. The number of non-ortho nitro benzene ring substituents is 1. The number of nitrogens with zero attached hydrogens (tertiary/aromatic N) is 1. The lowest BCUT2D eigenvalue weighted by Crippen LogP contribution is -2.20. The number of carbonyl (C=O) groups is 2. The van der Waals surface area contributed by atoms with Crippen molar-refractivity contribution in [3.63, 3.8) is 0 Å². The zero-order valence-electron chi connectivity index (χ0n) is 13.5. The molecule has 2 aromatic carbocycles. The Morgan fingerprint density at radius 3 is 2.68 bits per heavy atom. The van der Waals surface area contributed by atoms with E-state index in [-0.39, 0.29) is 5.69 Å². The highest BCUT2D eigenvalue weighted by Gasteiger charge is 2.07. The number of nitro benzene ring substituents is 1. The van der Waals surface area contributed by atoms with E-state index in [4.69, 9.17) is 4.74 Å². The van der Waals surface area contributed by atoms with Crippen LogP contribution in [0.1, 0.15) is 11.1 Å². The van der Waals surface area contributed by atoms with Crippen molar-refractivity contribution in [1.29, 1.82) is 0 Å². The third-order valence-electron chi connectivity index (χ3n) is 3.14. The Morgan fingerprint density at radius 2 is 1.96 bits per heavy atom. The topological polar surface area (TPSA) is 98.5 Å². The number of carbonyl (C=O) groups excluding carboxylic acids is 2. The van der Waals surface area contributed by atoms with Crippen molar-refractivity contribution in [3.8, 4) is 0 Å². The second-order valence-electron chi connectivity index (χ2n) is 5.21. The van der Waals surface area contributed by atoms with Gasteiger partial charge in [-0.25, -0.2) is 4.79 Å². The quantitative estimate of drug-likeness (QED) is 0.377. The highest BCUT2D eigenvalue weighted by Crippen LogP contribution is 2.14. The van der Waals surface area contributed by atoms with Gasteiger partial charge in [0.2, 0.25) is 0 Å². The van der Waals surface area contributed by atoms with Crippen LogP contribution < -0.4 is 5.32 Å². The summed E-state index contributed by atoms with van der Waals surface area (Å²) in [5.74, 6) is -1.17. The van der Waals surface area contributed by atoms with Crippen LogP contribution in [-0.4, -0.2) is 23.4 Å². The first-order chi connectivity index (χ1) is 11.9. The van der Waals surface area contributed by atoms with E-state index >= 15 is 0 Å². The van der Waals surface area contributed by atoms with Crippen LogP contribution in [-0.2, 0) is 14.3 Å². The molecule has 1 N–H and O–H groups in total. The molecule has 0 radical (unpaired) electrons. The molecule has 128 valence electrons. The number of nitrogens with one attached hydrogen (secondary N) is 1. The Hall–Kier alpha value is -3.48. The first-order valence-corrected chi connectivity index (χ1v) is 7.40. The maximum Gasteiger partial charge on any atom is 0.331 e. The van der Waals surface area contributed by atoms with Crippen LogP contribution in [0, 0.1) is 17.0 Å². The smallest absolute Gasteiger partial charge is 0.331 e. The maximum atomic E-state index is 11.7. The molecular formula is C18H16N2O5. The maximum absolute atomic E-state index is 11.7. The van der Waals surface area contributed by atoms with Crippen molar-refractivity contribution in [2.24, 2.45) is 0 Å². The Kier molecular flexibility index (Phi) is 6.00. The van der Waals surface area contributed by atoms with Crippen molar-refractivity contribution in [1.82, 2.24) is 0 Å². The van der Waals surface area contributed by atoms with E-state index in [1.54, 1.807) is 24.3 Å². The number of ether oxygens (including phenoxy) is 1. The largest absolute Gasteiger partial charge is 0.452 e. The highest BCUT2D eigenvalue weighted by atomic mass is 16.6. The Bertz CT molecular complexity index is 830. The highest BCUT2D eigenvalue weighted by molar-refractivity contribution is 5.94. The normalized spacial score (nSPS) is 10.4. The molecule has 0 saturated carbocycles. The number of esters is 1. The van der Waals surface area contributed by atoms with E-state index in [1.807, 2.05) is 13.0 Å². The lowest BCUT2D eigenvalue weighted by molar-refractivity contribution is -0.384. The minimum atomic E-state index is -0.717. The monoisotopic (exact) mass is 340 g/mol. The van der Waals surface area contributed by atoms with E-state index in [1.165, 1.54) is 24.3 Å². The zero-order valence-corrected chi connectivity index (χ0v) is 13.5. The van der Waals surface area contributed by atoms with Gasteiger partial charge in [0.1, 0.15) is 0 Å². The summed E-state index contributed by atoms with van der Waals surface area (Å²) in [7, 11) is 0. The second-order valence-corrected chi connectivity index (χ2v) is 5.21. The van der Waals surface area contributed by atoms with Gasteiger partial charge in [0, 0.05) is 23.9 Å². The summed E-state index contributed by atoms with van der Waals surface area (Å²) in [6.45, 7) is 1.47. The molecule has 7 heteroatoms. The van der Waals surface area contributed by atoms with Crippen LogP contribution >= 0.6 is 0 Å². The van der Waals surface area contributed by atoms with E-state index in [2.05, 4.69) is 5.32 Å². The summed E-state index contributed by atoms with van der Waals surface area (Å²) in [4.78, 5) is 33.5. The predicted molar refractivity (Wildman–Crippen MR) is 92.9 cm³/mol. The van der Waals surface area contributed by atoms with Gasteiger partial charge in [0.15, 0.2) is 6.61 Å². The number of nitro groups is 1. The van der Waals surface area contributed by atoms with Gasteiger partial charge in [0.25, 0.3) is 11.6 Å². The fourth-order valence-electron chi connectivity index (χ4n) is 2.01. The molecule has 0 aromatic heterocycles. The molecule has 2 aromatic rings. The van der Waals surface area contributed by atoms with E-state index < -0.39 is 23.4 Å². The van der Waals surface area contributed by atoms with Gasteiger partial charge < -0.3 is 10.1 Å². The van der Waals surface area contributed by atoms with Crippen molar-refractivity contribution in [2.75, 3.05) is 11.9 Å². The molecule has 0 aliphatic carbocycles. The van der Waals surface area contributed by atoms with Crippen LogP contribution in [0.5, 0.6) is 0 Å². The standard InChI is InChI=1S/C18H16N2O5/c1-13-4-2-6-15(10-13)19-17(21)12-25-18(22)9-8-14-5-3-7-16(11-14)20(23)24/h2-11H,12H2,1H3,(H,19,21). The fraction of sp³-hybridized carbons (Fsp3) is 0.111. The van der Waals surface area contributed by atoms with Gasteiger partial charge in [-0.05, 0) is 36.3 Å². The minimum Gasteiger partial charge on any atom is -0.452 e. The molecule has 0 atom stereocenters. The van der Waals surface area contributed by atoms with E-state index in [0.29, 0.717) is 11.3 Å². The molecule has 0 fully saturated rings. The van der Waals surface area contributed by atoms with Crippen LogP contribution in [0.3, 0.4) is 0 Å². The van der Waals surface area contributed by atoms with Crippen LogP contribution in [0.2, 0.25) is 0 Å². The Balaban J connectivity index is 1.84. The number of benzene rings is 2. The summed E-state index contributed by atoms with van der Waals surface area (Å²) in [5.41, 5.74) is 2.02. The SMILES string of the molecule is Cc1cccc(NC(=O)COC(=O)C=Cc2cccc([N+](=O)[O-])c2)c1. The molecule has 0 heterocycles. The van der Waals surface area contributed by atoms with Gasteiger partial charge in [0.05, 0.1) is 4.92 Å². The number of amides is 1. The van der Waals surface area contributed by atoms with Crippen LogP contribution in [0.4, 0.5) is 11.4 Å². The fourth-order valence-corrected chi connectivity index (χ4v) is 2.01. The number of hydrogen-bond acceptors (Lipinski definition) is 5. The number of aryl methyl sites for hydroxylation is 1. The van der Waals surface area contributed by atoms with Crippen molar-refractivity contribution >= 4 is 29.3 Å². The van der Waals surface area contributed by atoms with Gasteiger partial charge in [-0.3, -0.25) is 14.9 Å². The summed E-state index contributed by atoms with van der Waals surface area (Å²) in [5, 5.41) is 13.3. The molecule has 25 heavy (non-hydrogen) atoms. The van der Waals surface area contributed by atoms with Crippen LogP contribution in [0.25, 0.3) is 6.08 Å². The Labute approximate surface area is 144 Å². The third-order valence-corrected chi connectivity index (χ3v) is 3.14. The molecule has 0 spiro atoms. The number of hydrogen-bond donors (Lipinski definition) is 1. The molecule has 7 nitrogen and oxygen atoms in total. The van der Waals surface area contributed by atoms with Gasteiger partial charge in [-0.2, -0.15) is 0 Å². The lowest BCUT2D eigenvalue weighted by atomic mass is 10.2. The van der Waals surface area contributed by atoms with Gasteiger partial charge in [-0.15, -0.1) is 0 Å². The van der Waals surface area contributed by atoms with Crippen molar-refractivity contribution in [2.45, 2.75) is 6.92 Å². The molecule has 1 amide bonds. The number of anilines is 1. The predicted octanol–water partition coefficient (Wildman–Crippen LogP) is 3.10. The summed E-state index contributed by atoms with van der Waals surface area (Å²) in [6.07, 6.45) is 2.49. The minimum absolute atomic E-state index is 0.0759. The molecular weight excluding hydrogens is 324 g/mol. The molecule has 0 saturated heterocycles. The van der Waals surface area contributed by atoms with E-state index in [0.717, 1.165) is 11.6 Å². The van der Waals surface area contributed by atoms with Gasteiger partial charge in [-0.1, -0.05) is 24.3 Å². The van der Waals surface area contributed by atoms with Crippen molar-refractivity contribution < 1.29 is 19.2 Å². The average Bonchev–Trinajstić information content (AvgIpc) is 2.58. The molecule has 0 aliphatic rings. The average molecular weight is 340 g/mol.